The monoisotopic (exact) mass is 332 g/mol. The molecule has 0 unspecified atom stereocenters. The summed E-state index contributed by atoms with van der Waals surface area (Å²) in [6.45, 7) is 2.68. The fourth-order valence-corrected chi connectivity index (χ4v) is 4.36. The Morgan fingerprint density at radius 3 is 2.91 bits per heavy atom. The summed E-state index contributed by atoms with van der Waals surface area (Å²) < 4.78 is 0. The first-order chi connectivity index (χ1) is 11.1. The zero-order valence-corrected chi connectivity index (χ0v) is 14.4. The highest BCUT2D eigenvalue weighted by Crippen LogP contribution is 2.34. The molecule has 3 rings (SSSR count). The predicted octanol–water partition coefficient (Wildman–Crippen LogP) is 3.21. The van der Waals surface area contributed by atoms with E-state index >= 15 is 0 Å². The minimum atomic E-state index is 0.0623. The van der Waals surface area contributed by atoms with Gasteiger partial charge in [0, 0.05) is 23.9 Å². The number of thioether (sulfide) groups is 1. The number of carbonyl (C=O) groups excluding carboxylic acids is 2. The Labute approximate surface area is 142 Å². The highest BCUT2D eigenvalue weighted by molar-refractivity contribution is 8.00. The molecule has 1 N–H and O–H groups in total. The number of nitrogens with one attached hydrogen (secondary N) is 1. The predicted molar refractivity (Wildman–Crippen MR) is 93.7 cm³/mol. The van der Waals surface area contributed by atoms with Gasteiger partial charge in [-0.2, -0.15) is 0 Å². The van der Waals surface area contributed by atoms with Gasteiger partial charge in [-0.3, -0.25) is 9.59 Å². The molecule has 1 heterocycles. The average Bonchev–Trinajstić information content (AvgIpc) is 2.56. The summed E-state index contributed by atoms with van der Waals surface area (Å²) in [7, 11) is 0. The maximum Gasteiger partial charge on any atom is 0.237 e. The van der Waals surface area contributed by atoms with Crippen LogP contribution in [0.1, 0.15) is 39.0 Å². The van der Waals surface area contributed by atoms with Crippen LogP contribution in [-0.2, 0) is 9.59 Å². The lowest BCUT2D eigenvalue weighted by atomic mass is 9.86. The summed E-state index contributed by atoms with van der Waals surface area (Å²) in [6, 6.07) is 8.21. The van der Waals surface area contributed by atoms with Gasteiger partial charge >= 0.3 is 0 Å². The van der Waals surface area contributed by atoms with Crippen molar-refractivity contribution in [2.24, 2.45) is 5.92 Å². The Morgan fingerprint density at radius 1 is 1.30 bits per heavy atom. The molecule has 1 aliphatic heterocycles. The molecular weight excluding hydrogens is 308 g/mol. The molecule has 1 aliphatic carbocycles. The molecule has 1 aromatic rings. The van der Waals surface area contributed by atoms with E-state index in [1.54, 1.807) is 16.7 Å². The van der Waals surface area contributed by atoms with Crippen LogP contribution in [0.15, 0.2) is 29.2 Å². The number of hydrogen-bond acceptors (Lipinski definition) is 3. The third-order valence-electron chi connectivity index (χ3n) is 4.83. The maximum atomic E-state index is 12.3. The quantitative estimate of drug-likeness (QED) is 0.921. The molecule has 2 aliphatic rings. The standard InChI is InChI=1S/C18H24N2O2S/c1-13-6-2-3-7-14(13)19-17(21)10-11-20-15-8-4-5-9-16(15)23-12-18(20)22/h4-5,8-9,13-14H,2-3,6-7,10-12H2,1H3,(H,19,21)/t13-,14-/m1/s1. The van der Waals surface area contributed by atoms with Gasteiger partial charge < -0.3 is 10.2 Å². The van der Waals surface area contributed by atoms with E-state index in [1.807, 2.05) is 24.3 Å². The number of benzene rings is 1. The van der Waals surface area contributed by atoms with Crippen molar-refractivity contribution in [1.82, 2.24) is 5.32 Å². The van der Waals surface area contributed by atoms with E-state index in [4.69, 9.17) is 0 Å². The molecule has 1 aromatic carbocycles. The van der Waals surface area contributed by atoms with E-state index in [-0.39, 0.29) is 11.8 Å². The molecule has 4 nitrogen and oxygen atoms in total. The van der Waals surface area contributed by atoms with Crippen LogP contribution in [0, 0.1) is 5.92 Å². The number of hydrogen-bond donors (Lipinski definition) is 1. The summed E-state index contributed by atoms with van der Waals surface area (Å²) in [5.74, 6) is 1.17. The Hall–Kier alpha value is -1.49. The molecule has 2 amide bonds. The van der Waals surface area contributed by atoms with Gasteiger partial charge in [0.1, 0.15) is 0 Å². The van der Waals surface area contributed by atoms with E-state index in [0.717, 1.165) is 17.0 Å². The van der Waals surface area contributed by atoms with Crippen molar-refractivity contribution in [2.75, 3.05) is 17.2 Å². The van der Waals surface area contributed by atoms with Gasteiger partial charge in [-0.25, -0.2) is 0 Å². The molecule has 2 atom stereocenters. The van der Waals surface area contributed by atoms with Crippen molar-refractivity contribution in [3.05, 3.63) is 24.3 Å². The SMILES string of the molecule is C[C@@H]1CCCC[C@H]1NC(=O)CCN1C(=O)CSc2ccccc21. The number of carbonyl (C=O) groups is 2. The Balaban J connectivity index is 1.57. The molecule has 5 heteroatoms. The molecule has 0 saturated heterocycles. The van der Waals surface area contributed by atoms with Crippen molar-refractivity contribution in [2.45, 2.75) is 50.0 Å². The van der Waals surface area contributed by atoms with Gasteiger partial charge in [-0.05, 0) is 30.9 Å². The van der Waals surface area contributed by atoms with E-state index in [2.05, 4.69) is 12.2 Å². The minimum absolute atomic E-state index is 0.0623. The molecule has 1 fully saturated rings. The van der Waals surface area contributed by atoms with E-state index in [0.29, 0.717) is 30.7 Å². The number of fused-ring (bicyclic) bond motifs is 1. The van der Waals surface area contributed by atoms with Crippen molar-refractivity contribution in [3.63, 3.8) is 0 Å². The number of anilines is 1. The summed E-state index contributed by atoms with van der Waals surface area (Å²) in [5, 5.41) is 3.16. The van der Waals surface area contributed by atoms with E-state index in [1.165, 1.54) is 19.3 Å². The third kappa shape index (κ3) is 3.89. The minimum Gasteiger partial charge on any atom is -0.353 e. The van der Waals surface area contributed by atoms with Crippen molar-refractivity contribution in [1.29, 1.82) is 0 Å². The maximum absolute atomic E-state index is 12.3. The van der Waals surface area contributed by atoms with Crippen LogP contribution in [0.4, 0.5) is 5.69 Å². The zero-order valence-electron chi connectivity index (χ0n) is 13.6. The van der Waals surface area contributed by atoms with Crippen molar-refractivity contribution >= 4 is 29.3 Å². The summed E-state index contributed by atoms with van der Waals surface area (Å²) in [6.07, 6.45) is 5.11. The molecule has 0 spiro atoms. The van der Waals surface area contributed by atoms with Crippen molar-refractivity contribution in [3.8, 4) is 0 Å². The first-order valence-corrected chi connectivity index (χ1v) is 9.45. The molecule has 124 valence electrons. The van der Waals surface area contributed by atoms with Gasteiger partial charge in [0.2, 0.25) is 11.8 Å². The van der Waals surface area contributed by atoms with Crippen LogP contribution in [0.3, 0.4) is 0 Å². The second-order valence-electron chi connectivity index (χ2n) is 6.49. The van der Waals surface area contributed by atoms with Crippen LogP contribution in [0.25, 0.3) is 0 Å². The number of nitrogens with zero attached hydrogens (tertiary/aromatic N) is 1. The van der Waals surface area contributed by atoms with Crippen molar-refractivity contribution < 1.29 is 9.59 Å². The normalized spacial score (nSPS) is 24.2. The lowest BCUT2D eigenvalue weighted by molar-refractivity contribution is -0.122. The molecule has 0 radical (unpaired) electrons. The summed E-state index contributed by atoms with van der Waals surface area (Å²) in [5.41, 5.74) is 0.938. The van der Waals surface area contributed by atoms with Crippen LogP contribution in [0.2, 0.25) is 0 Å². The fourth-order valence-electron chi connectivity index (χ4n) is 3.42. The number of para-hydroxylation sites is 1. The van der Waals surface area contributed by atoms with Gasteiger partial charge in [0.15, 0.2) is 0 Å². The smallest absolute Gasteiger partial charge is 0.237 e. The molecular formula is C18H24N2O2S. The molecule has 0 aromatic heterocycles. The molecule has 0 bridgehead atoms. The zero-order chi connectivity index (χ0) is 16.2. The summed E-state index contributed by atoms with van der Waals surface area (Å²) >= 11 is 1.57. The topological polar surface area (TPSA) is 49.4 Å². The highest BCUT2D eigenvalue weighted by atomic mass is 32.2. The third-order valence-corrected chi connectivity index (χ3v) is 5.88. The molecule has 1 saturated carbocycles. The van der Waals surface area contributed by atoms with Crippen LogP contribution < -0.4 is 10.2 Å². The van der Waals surface area contributed by atoms with E-state index in [9.17, 15) is 9.59 Å². The van der Waals surface area contributed by atoms with Gasteiger partial charge in [0.05, 0.1) is 11.4 Å². The van der Waals surface area contributed by atoms with Crippen LogP contribution in [-0.4, -0.2) is 30.2 Å². The highest BCUT2D eigenvalue weighted by Gasteiger charge is 2.26. The Kier molecular flexibility index (Phi) is 5.26. The number of rotatable bonds is 4. The second kappa shape index (κ2) is 7.39. The fraction of sp³-hybridized carbons (Fsp3) is 0.556. The average molecular weight is 332 g/mol. The van der Waals surface area contributed by atoms with Gasteiger partial charge in [0.25, 0.3) is 0 Å². The Bertz CT molecular complexity index is 590. The second-order valence-corrected chi connectivity index (χ2v) is 7.50. The van der Waals surface area contributed by atoms with Gasteiger partial charge in [-0.15, -0.1) is 11.8 Å². The first kappa shape index (κ1) is 16.4. The van der Waals surface area contributed by atoms with Gasteiger partial charge in [-0.1, -0.05) is 31.9 Å². The van der Waals surface area contributed by atoms with E-state index < -0.39 is 0 Å². The molecule has 23 heavy (non-hydrogen) atoms. The Morgan fingerprint density at radius 2 is 2.09 bits per heavy atom. The first-order valence-electron chi connectivity index (χ1n) is 8.46. The lowest BCUT2D eigenvalue weighted by Crippen LogP contribution is -2.43. The lowest BCUT2D eigenvalue weighted by Gasteiger charge is -2.31. The van der Waals surface area contributed by atoms with Crippen LogP contribution >= 0.6 is 11.8 Å². The summed E-state index contributed by atoms with van der Waals surface area (Å²) in [4.78, 5) is 27.3. The largest absolute Gasteiger partial charge is 0.353 e. The van der Waals surface area contributed by atoms with Crippen LogP contribution in [0.5, 0.6) is 0 Å². The number of amides is 2.